The molecule has 0 unspecified atom stereocenters. The van der Waals surface area contributed by atoms with Crippen molar-refractivity contribution < 1.29 is 13.6 Å². The minimum Gasteiger partial charge on any atom is -0.366 e. The molecule has 0 radical (unpaired) electrons. The second-order valence-electron chi connectivity index (χ2n) is 7.09. The molecule has 0 aromatic heterocycles. The summed E-state index contributed by atoms with van der Waals surface area (Å²) in [7, 11) is 0. The van der Waals surface area contributed by atoms with Crippen LogP contribution in [-0.2, 0) is 19.4 Å². The topological polar surface area (TPSA) is 55.1 Å². The van der Waals surface area contributed by atoms with Gasteiger partial charge < -0.3 is 11.1 Å². The Labute approximate surface area is 162 Å². The molecule has 1 aliphatic rings. The summed E-state index contributed by atoms with van der Waals surface area (Å²) in [5, 5.41) is 3.41. The standard InChI is InChI=1S/C23H20F2N2O/c24-21-12-16(19-6-3-7-20(22(19)25)23(26)28)8-9-17(21)13-27-18-10-14-4-1-2-5-15(14)11-18/h1-9,12,18,27H,10-11,13H2,(H2,26,28). The van der Waals surface area contributed by atoms with Gasteiger partial charge in [-0.15, -0.1) is 0 Å². The van der Waals surface area contributed by atoms with Crippen LogP contribution < -0.4 is 11.1 Å². The Morgan fingerprint density at radius 3 is 2.36 bits per heavy atom. The molecule has 3 N–H and O–H groups in total. The maximum Gasteiger partial charge on any atom is 0.251 e. The fraction of sp³-hybridized carbons (Fsp3) is 0.174. The predicted octanol–water partition coefficient (Wildman–Crippen LogP) is 3.99. The van der Waals surface area contributed by atoms with E-state index in [9.17, 15) is 13.6 Å². The fourth-order valence-corrected chi connectivity index (χ4v) is 3.76. The van der Waals surface area contributed by atoms with Gasteiger partial charge in [0.25, 0.3) is 5.91 Å². The van der Waals surface area contributed by atoms with Crippen molar-refractivity contribution in [2.45, 2.75) is 25.4 Å². The third-order valence-electron chi connectivity index (χ3n) is 5.26. The van der Waals surface area contributed by atoms with Crippen LogP contribution in [0.15, 0.2) is 60.7 Å². The fourth-order valence-electron chi connectivity index (χ4n) is 3.76. The molecule has 0 bridgehead atoms. The van der Waals surface area contributed by atoms with Crippen LogP contribution in [0.25, 0.3) is 11.1 Å². The lowest BCUT2D eigenvalue weighted by Crippen LogP contribution is -2.29. The van der Waals surface area contributed by atoms with Gasteiger partial charge in [0, 0.05) is 23.7 Å². The zero-order valence-corrected chi connectivity index (χ0v) is 15.2. The average Bonchev–Trinajstić information content (AvgIpc) is 3.10. The highest BCUT2D eigenvalue weighted by Crippen LogP contribution is 2.27. The van der Waals surface area contributed by atoms with Crippen molar-refractivity contribution in [1.82, 2.24) is 5.32 Å². The zero-order chi connectivity index (χ0) is 19.7. The van der Waals surface area contributed by atoms with Crippen LogP contribution in [0.3, 0.4) is 0 Å². The van der Waals surface area contributed by atoms with Crippen molar-refractivity contribution in [3.8, 4) is 11.1 Å². The molecule has 0 fully saturated rings. The molecule has 3 nitrogen and oxygen atoms in total. The van der Waals surface area contributed by atoms with Gasteiger partial charge in [0.2, 0.25) is 0 Å². The number of halogens is 2. The van der Waals surface area contributed by atoms with E-state index in [2.05, 4.69) is 17.4 Å². The van der Waals surface area contributed by atoms with Crippen LogP contribution in [0, 0.1) is 11.6 Å². The van der Waals surface area contributed by atoms with Gasteiger partial charge in [-0.25, -0.2) is 8.78 Å². The maximum atomic E-state index is 14.6. The first kappa shape index (κ1) is 18.3. The quantitative estimate of drug-likeness (QED) is 0.705. The van der Waals surface area contributed by atoms with Crippen molar-refractivity contribution in [3.63, 3.8) is 0 Å². The van der Waals surface area contributed by atoms with Crippen molar-refractivity contribution in [2.75, 3.05) is 0 Å². The molecule has 0 spiro atoms. The molecular weight excluding hydrogens is 358 g/mol. The number of carbonyl (C=O) groups is 1. The number of rotatable bonds is 5. The third-order valence-corrected chi connectivity index (χ3v) is 5.26. The highest BCUT2D eigenvalue weighted by atomic mass is 19.1. The Bertz CT molecular complexity index is 1020. The van der Waals surface area contributed by atoms with Crippen molar-refractivity contribution in [2.24, 2.45) is 5.73 Å². The van der Waals surface area contributed by atoms with E-state index in [0.717, 1.165) is 12.8 Å². The lowest BCUT2D eigenvalue weighted by atomic mass is 10.00. The van der Waals surface area contributed by atoms with Crippen LogP contribution in [0.1, 0.15) is 27.0 Å². The molecule has 0 heterocycles. The van der Waals surface area contributed by atoms with Gasteiger partial charge in [-0.1, -0.05) is 48.5 Å². The highest BCUT2D eigenvalue weighted by Gasteiger charge is 2.21. The van der Waals surface area contributed by atoms with Gasteiger partial charge in [-0.2, -0.15) is 0 Å². The van der Waals surface area contributed by atoms with Crippen molar-refractivity contribution >= 4 is 5.91 Å². The number of hydrogen-bond donors (Lipinski definition) is 2. The van der Waals surface area contributed by atoms with Crippen molar-refractivity contribution in [1.29, 1.82) is 0 Å². The Kier molecular flexibility index (Phi) is 4.92. The molecule has 0 saturated heterocycles. The minimum absolute atomic E-state index is 0.154. The molecule has 3 aromatic carbocycles. The highest BCUT2D eigenvalue weighted by molar-refractivity contribution is 5.94. The molecule has 3 aromatic rings. The number of benzene rings is 3. The van der Waals surface area contributed by atoms with Crippen LogP contribution in [-0.4, -0.2) is 11.9 Å². The molecule has 0 atom stereocenters. The van der Waals surface area contributed by atoms with E-state index in [-0.39, 0.29) is 17.2 Å². The van der Waals surface area contributed by atoms with Crippen LogP contribution in [0.5, 0.6) is 0 Å². The summed E-state index contributed by atoms with van der Waals surface area (Å²) < 4.78 is 29.1. The van der Waals surface area contributed by atoms with E-state index in [0.29, 0.717) is 17.7 Å². The number of fused-ring (bicyclic) bond motifs is 1. The molecule has 1 amide bonds. The first-order valence-electron chi connectivity index (χ1n) is 9.20. The Morgan fingerprint density at radius 1 is 1.00 bits per heavy atom. The summed E-state index contributed by atoms with van der Waals surface area (Å²) in [6.07, 6.45) is 1.86. The number of primary amides is 1. The molecule has 5 heteroatoms. The van der Waals surface area contributed by atoms with Crippen LogP contribution >= 0.6 is 0 Å². The monoisotopic (exact) mass is 378 g/mol. The summed E-state index contributed by atoms with van der Waals surface area (Å²) in [6.45, 7) is 0.397. The number of nitrogens with two attached hydrogens (primary N) is 1. The first-order valence-corrected chi connectivity index (χ1v) is 9.20. The number of nitrogens with one attached hydrogen (secondary N) is 1. The largest absolute Gasteiger partial charge is 0.366 e. The van der Waals surface area contributed by atoms with Gasteiger partial charge in [-0.05, 0) is 41.7 Å². The molecular formula is C23H20F2N2O. The van der Waals surface area contributed by atoms with Gasteiger partial charge >= 0.3 is 0 Å². The molecule has 0 aliphatic heterocycles. The number of hydrogen-bond acceptors (Lipinski definition) is 2. The zero-order valence-electron chi connectivity index (χ0n) is 15.2. The molecule has 0 saturated carbocycles. The Hall–Kier alpha value is -3.05. The summed E-state index contributed by atoms with van der Waals surface area (Å²) in [4.78, 5) is 11.3. The van der Waals surface area contributed by atoms with E-state index in [1.807, 2.05) is 12.1 Å². The second kappa shape index (κ2) is 7.52. The number of amides is 1. The first-order chi connectivity index (χ1) is 13.5. The molecule has 1 aliphatic carbocycles. The normalized spacial score (nSPS) is 13.5. The smallest absolute Gasteiger partial charge is 0.251 e. The van der Waals surface area contributed by atoms with E-state index in [1.54, 1.807) is 12.1 Å². The van der Waals surface area contributed by atoms with E-state index >= 15 is 0 Å². The summed E-state index contributed by atoms with van der Waals surface area (Å²) in [6, 6.07) is 17.6. The SMILES string of the molecule is NC(=O)c1cccc(-c2ccc(CNC3Cc4ccccc4C3)c(F)c2)c1F. The lowest BCUT2D eigenvalue weighted by molar-refractivity contribution is 0.0996. The Balaban J connectivity index is 1.49. The summed E-state index contributed by atoms with van der Waals surface area (Å²) in [5.74, 6) is -1.99. The molecule has 142 valence electrons. The van der Waals surface area contributed by atoms with E-state index in [4.69, 9.17) is 5.73 Å². The molecule has 4 rings (SSSR count). The lowest BCUT2D eigenvalue weighted by Gasteiger charge is -2.13. The van der Waals surface area contributed by atoms with Crippen molar-refractivity contribution in [3.05, 3.63) is 94.6 Å². The second-order valence-corrected chi connectivity index (χ2v) is 7.09. The predicted molar refractivity (Wildman–Crippen MR) is 105 cm³/mol. The van der Waals surface area contributed by atoms with Crippen LogP contribution in [0.4, 0.5) is 8.78 Å². The Morgan fingerprint density at radius 2 is 1.71 bits per heavy atom. The van der Waals surface area contributed by atoms with E-state index in [1.165, 1.54) is 35.4 Å². The minimum atomic E-state index is -0.849. The van der Waals surface area contributed by atoms with E-state index < -0.39 is 17.5 Å². The maximum absolute atomic E-state index is 14.6. The van der Waals surface area contributed by atoms with Crippen LogP contribution in [0.2, 0.25) is 0 Å². The van der Waals surface area contributed by atoms with Gasteiger partial charge in [-0.3, -0.25) is 4.79 Å². The summed E-state index contributed by atoms with van der Waals surface area (Å²) >= 11 is 0. The van der Waals surface area contributed by atoms with Gasteiger partial charge in [0.05, 0.1) is 5.56 Å². The molecule has 28 heavy (non-hydrogen) atoms. The third kappa shape index (κ3) is 3.53. The van der Waals surface area contributed by atoms with Gasteiger partial charge in [0.15, 0.2) is 0 Å². The summed E-state index contributed by atoms with van der Waals surface area (Å²) in [5.41, 5.74) is 8.69. The average molecular weight is 378 g/mol. The van der Waals surface area contributed by atoms with Gasteiger partial charge in [0.1, 0.15) is 11.6 Å². The number of carbonyl (C=O) groups excluding carboxylic acids is 1.